The number of nitrogens with one attached hydrogen (secondary N) is 1. The summed E-state index contributed by atoms with van der Waals surface area (Å²) in [5, 5.41) is 2.97. The molecule has 1 aliphatic heterocycles. The van der Waals surface area contributed by atoms with Crippen LogP contribution in [0.1, 0.15) is 31.2 Å². The lowest BCUT2D eigenvalue weighted by Gasteiger charge is -2.44. The number of fused-ring (bicyclic) bond motifs is 1. The zero-order valence-corrected chi connectivity index (χ0v) is 11.4. The van der Waals surface area contributed by atoms with Crippen LogP contribution in [0.3, 0.4) is 0 Å². The van der Waals surface area contributed by atoms with E-state index in [1.807, 2.05) is 4.90 Å². The van der Waals surface area contributed by atoms with Gasteiger partial charge in [0.15, 0.2) is 0 Å². The van der Waals surface area contributed by atoms with Crippen molar-refractivity contribution in [3.05, 3.63) is 23.9 Å². The highest BCUT2D eigenvalue weighted by Crippen LogP contribution is 2.32. The van der Waals surface area contributed by atoms with Gasteiger partial charge in [0.25, 0.3) is 0 Å². The summed E-state index contributed by atoms with van der Waals surface area (Å²) in [7, 11) is 0. The van der Waals surface area contributed by atoms with Gasteiger partial charge in [-0.05, 0) is 25.0 Å². The minimum Gasteiger partial charge on any atom is -0.350 e. The molecular weight excluding hydrogens is 283 g/mol. The molecule has 1 amide bonds. The molecule has 1 aromatic heterocycles. The maximum Gasteiger partial charge on any atom is 0.417 e. The van der Waals surface area contributed by atoms with E-state index in [0.29, 0.717) is 5.82 Å². The molecule has 3 rings (SSSR count). The number of aromatic nitrogens is 1. The highest BCUT2D eigenvalue weighted by Gasteiger charge is 2.37. The van der Waals surface area contributed by atoms with Crippen LogP contribution in [0.2, 0.25) is 0 Å². The normalized spacial score (nSPS) is 26.2. The first-order valence-corrected chi connectivity index (χ1v) is 7.04. The predicted octanol–water partition coefficient (Wildman–Crippen LogP) is 2.35. The van der Waals surface area contributed by atoms with E-state index in [0.717, 1.165) is 37.9 Å². The monoisotopic (exact) mass is 299 g/mol. The number of nitrogens with zero attached hydrogens (tertiary/aromatic N) is 2. The number of rotatable bonds is 1. The summed E-state index contributed by atoms with van der Waals surface area (Å²) < 4.78 is 37.7. The Labute approximate surface area is 120 Å². The molecule has 21 heavy (non-hydrogen) atoms. The topological polar surface area (TPSA) is 45.2 Å². The van der Waals surface area contributed by atoms with Crippen molar-refractivity contribution in [1.29, 1.82) is 0 Å². The maximum absolute atomic E-state index is 12.6. The molecular formula is C14H16F3N3O. The second-order valence-electron chi connectivity index (χ2n) is 5.56. The van der Waals surface area contributed by atoms with Gasteiger partial charge in [0.1, 0.15) is 5.82 Å². The van der Waals surface area contributed by atoms with Crippen molar-refractivity contribution in [2.24, 2.45) is 0 Å². The number of hydrogen-bond acceptors (Lipinski definition) is 3. The van der Waals surface area contributed by atoms with Crippen LogP contribution in [0.15, 0.2) is 18.3 Å². The SMILES string of the molecule is O=C1CN(c2ccc(C(F)(F)F)cn2)[C@@H]2CCCC[C@H]2N1. The minimum absolute atomic E-state index is 0.0732. The lowest BCUT2D eigenvalue weighted by Crippen LogP contribution is -2.62. The van der Waals surface area contributed by atoms with Crippen molar-refractivity contribution in [3.8, 4) is 0 Å². The Kier molecular flexibility index (Phi) is 3.51. The van der Waals surface area contributed by atoms with E-state index < -0.39 is 11.7 Å². The van der Waals surface area contributed by atoms with Crippen LogP contribution in [0.4, 0.5) is 19.0 Å². The third-order valence-corrected chi connectivity index (χ3v) is 4.16. The van der Waals surface area contributed by atoms with Gasteiger partial charge in [-0.25, -0.2) is 4.98 Å². The zero-order chi connectivity index (χ0) is 15.0. The van der Waals surface area contributed by atoms with Gasteiger partial charge >= 0.3 is 6.18 Å². The summed E-state index contributed by atoms with van der Waals surface area (Å²) in [5.74, 6) is 0.342. The van der Waals surface area contributed by atoms with Gasteiger partial charge in [0.05, 0.1) is 18.2 Å². The second kappa shape index (κ2) is 5.20. The molecule has 4 nitrogen and oxygen atoms in total. The lowest BCUT2D eigenvalue weighted by molar-refractivity contribution is -0.137. The third kappa shape index (κ3) is 2.82. The molecule has 1 N–H and O–H groups in total. The molecule has 1 saturated heterocycles. The van der Waals surface area contributed by atoms with Crippen molar-refractivity contribution in [3.63, 3.8) is 0 Å². The van der Waals surface area contributed by atoms with E-state index in [1.165, 1.54) is 6.07 Å². The average molecular weight is 299 g/mol. The summed E-state index contributed by atoms with van der Waals surface area (Å²) in [6.45, 7) is 0.152. The maximum atomic E-state index is 12.6. The molecule has 2 heterocycles. The Hall–Kier alpha value is -1.79. The van der Waals surface area contributed by atoms with E-state index in [1.54, 1.807) is 0 Å². The highest BCUT2D eigenvalue weighted by molar-refractivity contribution is 5.83. The van der Waals surface area contributed by atoms with Gasteiger partial charge in [-0.3, -0.25) is 4.79 Å². The summed E-state index contributed by atoms with van der Waals surface area (Å²) in [4.78, 5) is 17.5. The predicted molar refractivity (Wildman–Crippen MR) is 70.8 cm³/mol. The number of pyridine rings is 1. The second-order valence-corrected chi connectivity index (χ2v) is 5.56. The van der Waals surface area contributed by atoms with Gasteiger partial charge < -0.3 is 10.2 Å². The van der Waals surface area contributed by atoms with Crippen LogP contribution >= 0.6 is 0 Å². The van der Waals surface area contributed by atoms with Crippen LogP contribution in [0.25, 0.3) is 0 Å². The van der Waals surface area contributed by atoms with Crippen molar-refractivity contribution in [2.75, 3.05) is 11.4 Å². The molecule has 0 spiro atoms. The van der Waals surface area contributed by atoms with E-state index in [4.69, 9.17) is 0 Å². The third-order valence-electron chi connectivity index (χ3n) is 4.16. The minimum atomic E-state index is -4.39. The number of halogens is 3. The quantitative estimate of drug-likeness (QED) is 0.866. The molecule has 0 radical (unpaired) electrons. The summed E-state index contributed by atoms with van der Waals surface area (Å²) in [6.07, 6.45) is 0.406. The van der Waals surface area contributed by atoms with Crippen molar-refractivity contribution in [1.82, 2.24) is 10.3 Å². The zero-order valence-electron chi connectivity index (χ0n) is 11.4. The first-order chi connectivity index (χ1) is 9.95. The van der Waals surface area contributed by atoms with Crippen LogP contribution in [0.5, 0.6) is 0 Å². The molecule has 2 aliphatic rings. The Morgan fingerprint density at radius 1 is 1.24 bits per heavy atom. The standard InChI is InChI=1S/C14H16F3N3O/c15-14(16,17)9-5-6-12(18-7-9)20-8-13(21)19-10-3-1-2-4-11(10)20/h5-7,10-11H,1-4,8H2,(H,19,21)/t10-,11-/m1/s1. The smallest absolute Gasteiger partial charge is 0.350 e. The summed E-state index contributed by atoms with van der Waals surface area (Å²) in [5.41, 5.74) is -0.770. The Bertz CT molecular complexity index is 529. The molecule has 7 heteroatoms. The van der Waals surface area contributed by atoms with Crippen LogP contribution in [-0.4, -0.2) is 29.5 Å². The van der Waals surface area contributed by atoms with E-state index in [-0.39, 0.29) is 24.5 Å². The van der Waals surface area contributed by atoms with Crippen molar-refractivity contribution < 1.29 is 18.0 Å². The number of alkyl halides is 3. The molecule has 1 aromatic rings. The Morgan fingerprint density at radius 3 is 2.67 bits per heavy atom. The number of amides is 1. The van der Waals surface area contributed by atoms with Gasteiger partial charge in [0.2, 0.25) is 5.91 Å². The molecule has 0 aromatic carbocycles. The van der Waals surface area contributed by atoms with E-state index >= 15 is 0 Å². The van der Waals surface area contributed by atoms with Crippen LogP contribution in [-0.2, 0) is 11.0 Å². The fraction of sp³-hybridized carbons (Fsp3) is 0.571. The number of carbonyl (C=O) groups is 1. The molecule has 0 unspecified atom stereocenters. The van der Waals surface area contributed by atoms with Crippen molar-refractivity contribution >= 4 is 11.7 Å². The summed E-state index contributed by atoms with van der Waals surface area (Å²) in [6, 6.07) is 2.57. The molecule has 2 fully saturated rings. The molecule has 1 aliphatic carbocycles. The Morgan fingerprint density at radius 2 is 2.00 bits per heavy atom. The largest absolute Gasteiger partial charge is 0.417 e. The first-order valence-electron chi connectivity index (χ1n) is 7.04. The molecule has 2 atom stereocenters. The number of piperazine rings is 1. The lowest BCUT2D eigenvalue weighted by atomic mass is 9.87. The van der Waals surface area contributed by atoms with Crippen LogP contribution < -0.4 is 10.2 Å². The fourth-order valence-corrected chi connectivity index (χ4v) is 3.15. The number of hydrogen-bond donors (Lipinski definition) is 1. The highest BCUT2D eigenvalue weighted by atomic mass is 19.4. The van der Waals surface area contributed by atoms with Gasteiger partial charge in [-0.1, -0.05) is 12.8 Å². The van der Waals surface area contributed by atoms with E-state index in [9.17, 15) is 18.0 Å². The summed E-state index contributed by atoms with van der Waals surface area (Å²) >= 11 is 0. The number of carbonyl (C=O) groups excluding carboxylic acids is 1. The Balaban J connectivity index is 1.85. The van der Waals surface area contributed by atoms with E-state index in [2.05, 4.69) is 10.3 Å². The van der Waals surface area contributed by atoms with Gasteiger partial charge in [-0.15, -0.1) is 0 Å². The average Bonchev–Trinajstić information content (AvgIpc) is 2.45. The van der Waals surface area contributed by atoms with Crippen LogP contribution in [0, 0.1) is 0 Å². The van der Waals surface area contributed by atoms with Gasteiger partial charge in [0, 0.05) is 12.2 Å². The first kappa shape index (κ1) is 14.2. The van der Waals surface area contributed by atoms with Gasteiger partial charge in [-0.2, -0.15) is 13.2 Å². The number of anilines is 1. The van der Waals surface area contributed by atoms with Crippen molar-refractivity contribution in [2.45, 2.75) is 43.9 Å². The fourth-order valence-electron chi connectivity index (χ4n) is 3.15. The molecule has 1 saturated carbocycles. The molecule has 0 bridgehead atoms. The molecule has 114 valence electrons.